The second kappa shape index (κ2) is 5.38. The molecule has 0 unspecified atom stereocenters. The van der Waals surface area contributed by atoms with Gasteiger partial charge >= 0.3 is 0 Å². The average molecular weight is 291 g/mol. The van der Waals surface area contributed by atoms with Crippen molar-refractivity contribution in [2.24, 2.45) is 5.92 Å². The lowest BCUT2D eigenvalue weighted by molar-refractivity contribution is -0.129. The van der Waals surface area contributed by atoms with Crippen LogP contribution in [0.3, 0.4) is 0 Å². The Labute approximate surface area is 123 Å². The molecule has 1 aromatic heterocycles. The van der Waals surface area contributed by atoms with Crippen molar-refractivity contribution in [3.8, 4) is 0 Å². The number of carbonyl (C=O) groups excluding carboxylic acids is 1. The van der Waals surface area contributed by atoms with Crippen LogP contribution in [0.15, 0.2) is 12.4 Å². The van der Waals surface area contributed by atoms with Crippen LogP contribution < -0.4 is 5.32 Å². The van der Waals surface area contributed by atoms with Crippen LogP contribution in [-0.4, -0.2) is 63.7 Å². The van der Waals surface area contributed by atoms with Gasteiger partial charge in [0.2, 0.25) is 5.91 Å². The standard InChI is InChI=1S/C14H21N5O2/c20-11(9-19-7-4-15-17-19)16-12-10-3-8-21-14(10)13(12)18-5-1-2-6-18/h4,7,10,12-14H,1-3,5-6,8-9H2,(H,16,20)/t10-,12+,13-,14-/m1/s1. The first kappa shape index (κ1) is 13.2. The summed E-state index contributed by atoms with van der Waals surface area (Å²) in [6.07, 6.45) is 7.19. The van der Waals surface area contributed by atoms with Gasteiger partial charge in [-0.05, 0) is 32.4 Å². The third-order valence-corrected chi connectivity index (χ3v) is 5.02. The second-order valence-electron chi connectivity index (χ2n) is 6.22. The van der Waals surface area contributed by atoms with E-state index in [0.29, 0.717) is 18.1 Å². The Morgan fingerprint density at radius 3 is 3.00 bits per heavy atom. The van der Waals surface area contributed by atoms with Crippen molar-refractivity contribution in [3.63, 3.8) is 0 Å². The number of nitrogens with zero attached hydrogens (tertiary/aromatic N) is 4. The molecule has 0 bridgehead atoms. The molecule has 1 saturated carbocycles. The molecule has 21 heavy (non-hydrogen) atoms. The van der Waals surface area contributed by atoms with Crippen LogP contribution in [0.5, 0.6) is 0 Å². The minimum absolute atomic E-state index is 0.0139. The van der Waals surface area contributed by atoms with Crippen molar-refractivity contribution >= 4 is 5.91 Å². The Morgan fingerprint density at radius 2 is 2.24 bits per heavy atom. The Kier molecular flexibility index (Phi) is 3.39. The Bertz CT molecular complexity index is 495. The van der Waals surface area contributed by atoms with Gasteiger partial charge in [-0.1, -0.05) is 5.21 Å². The lowest BCUT2D eigenvalue weighted by atomic mass is 9.70. The molecule has 3 aliphatic rings. The van der Waals surface area contributed by atoms with E-state index < -0.39 is 0 Å². The highest BCUT2D eigenvalue weighted by Gasteiger charge is 2.56. The number of nitrogens with one attached hydrogen (secondary N) is 1. The SMILES string of the molecule is O=C(Cn1ccnn1)N[C@H]1[C@H]2CCO[C@H]2[C@@H]1N1CCCC1. The van der Waals surface area contributed by atoms with Gasteiger partial charge in [0.15, 0.2) is 0 Å². The summed E-state index contributed by atoms with van der Waals surface area (Å²) in [6, 6.07) is 0.589. The van der Waals surface area contributed by atoms with Crippen molar-refractivity contribution in [1.29, 1.82) is 0 Å². The molecule has 2 saturated heterocycles. The smallest absolute Gasteiger partial charge is 0.242 e. The van der Waals surface area contributed by atoms with Gasteiger partial charge in [-0.15, -0.1) is 5.10 Å². The van der Waals surface area contributed by atoms with Gasteiger partial charge in [-0.2, -0.15) is 0 Å². The summed E-state index contributed by atoms with van der Waals surface area (Å²) in [4.78, 5) is 14.7. The molecule has 7 heteroatoms. The second-order valence-corrected chi connectivity index (χ2v) is 6.22. The Hall–Kier alpha value is -1.47. The maximum atomic E-state index is 12.2. The molecule has 0 radical (unpaired) electrons. The van der Waals surface area contributed by atoms with Crippen LogP contribution in [0.2, 0.25) is 0 Å². The molecule has 4 atom stereocenters. The number of hydrogen-bond donors (Lipinski definition) is 1. The van der Waals surface area contributed by atoms with E-state index in [-0.39, 0.29) is 18.5 Å². The predicted molar refractivity (Wildman–Crippen MR) is 74.4 cm³/mol. The number of carbonyl (C=O) groups is 1. The summed E-state index contributed by atoms with van der Waals surface area (Å²) >= 11 is 0. The van der Waals surface area contributed by atoms with Crippen LogP contribution in [0.1, 0.15) is 19.3 Å². The molecule has 0 aromatic carbocycles. The van der Waals surface area contributed by atoms with E-state index in [0.717, 1.165) is 26.1 Å². The van der Waals surface area contributed by atoms with Gasteiger partial charge in [0.05, 0.1) is 24.4 Å². The lowest BCUT2D eigenvalue weighted by Crippen LogP contribution is -2.70. The molecule has 0 spiro atoms. The number of amides is 1. The Morgan fingerprint density at radius 1 is 1.38 bits per heavy atom. The van der Waals surface area contributed by atoms with E-state index >= 15 is 0 Å². The normalized spacial score (nSPS) is 35.4. The maximum Gasteiger partial charge on any atom is 0.242 e. The van der Waals surface area contributed by atoms with E-state index in [1.807, 2.05) is 0 Å². The average Bonchev–Trinajstić information content (AvgIpc) is 3.18. The molecular weight excluding hydrogens is 270 g/mol. The van der Waals surface area contributed by atoms with E-state index in [1.54, 1.807) is 17.1 Å². The summed E-state index contributed by atoms with van der Waals surface area (Å²) in [7, 11) is 0. The van der Waals surface area contributed by atoms with Crippen LogP contribution in [-0.2, 0) is 16.1 Å². The molecule has 1 amide bonds. The first-order chi connectivity index (χ1) is 10.3. The largest absolute Gasteiger partial charge is 0.376 e. The van der Waals surface area contributed by atoms with Crippen LogP contribution in [0.4, 0.5) is 0 Å². The molecule has 3 heterocycles. The predicted octanol–water partition coefficient (Wildman–Crippen LogP) is -0.354. The molecular formula is C14H21N5O2. The highest BCUT2D eigenvalue weighted by atomic mass is 16.5. The number of fused-ring (bicyclic) bond motifs is 1. The van der Waals surface area contributed by atoms with E-state index in [1.165, 1.54) is 12.8 Å². The molecule has 1 N–H and O–H groups in total. The number of aromatic nitrogens is 3. The summed E-state index contributed by atoms with van der Waals surface area (Å²) in [6.45, 7) is 3.33. The van der Waals surface area contributed by atoms with Gasteiger partial charge in [0.25, 0.3) is 0 Å². The number of ether oxygens (including phenoxy) is 1. The van der Waals surface area contributed by atoms with Crippen molar-refractivity contribution in [2.75, 3.05) is 19.7 Å². The molecule has 1 aliphatic carbocycles. The van der Waals surface area contributed by atoms with E-state index in [4.69, 9.17) is 4.74 Å². The molecule has 7 nitrogen and oxygen atoms in total. The van der Waals surface area contributed by atoms with Crippen molar-refractivity contribution < 1.29 is 9.53 Å². The van der Waals surface area contributed by atoms with Crippen molar-refractivity contribution in [3.05, 3.63) is 12.4 Å². The van der Waals surface area contributed by atoms with Crippen LogP contribution in [0.25, 0.3) is 0 Å². The topological polar surface area (TPSA) is 72.3 Å². The fourth-order valence-electron chi connectivity index (χ4n) is 4.04. The monoisotopic (exact) mass is 291 g/mol. The summed E-state index contributed by atoms with van der Waals surface area (Å²) < 4.78 is 7.43. The summed E-state index contributed by atoms with van der Waals surface area (Å²) in [5.41, 5.74) is 0. The van der Waals surface area contributed by atoms with Gasteiger partial charge < -0.3 is 10.1 Å². The molecule has 1 aromatic rings. The van der Waals surface area contributed by atoms with Gasteiger partial charge in [0, 0.05) is 18.7 Å². The number of likely N-dealkylation sites (tertiary alicyclic amines) is 1. The van der Waals surface area contributed by atoms with Crippen LogP contribution >= 0.6 is 0 Å². The minimum Gasteiger partial charge on any atom is -0.376 e. The highest BCUT2D eigenvalue weighted by Crippen LogP contribution is 2.42. The zero-order valence-electron chi connectivity index (χ0n) is 12.0. The van der Waals surface area contributed by atoms with Crippen molar-refractivity contribution in [1.82, 2.24) is 25.2 Å². The molecule has 2 aliphatic heterocycles. The molecule has 4 rings (SSSR count). The van der Waals surface area contributed by atoms with Crippen molar-refractivity contribution in [2.45, 2.75) is 44.0 Å². The zero-order valence-corrected chi connectivity index (χ0v) is 12.0. The lowest BCUT2D eigenvalue weighted by Gasteiger charge is -2.51. The van der Waals surface area contributed by atoms with Gasteiger partial charge in [-0.3, -0.25) is 9.69 Å². The highest BCUT2D eigenvalue weighted by molar-refractivity contribution is 5.76. The fourth-order valence-corrected chi connectivity index (χ4v) is 4.04. The van der Waals surface area contributed by atoms with Gasteiger partial charge in [0.1, 0.15) is 6.54 Å². The zero-order chi connectivity index (χ0) is 14.2. The van der Waals surface area contributed by atoms with E-state index in [2.05, 4.69) is 20.5 Å². The first-order valence-corrected chi connectivity index (χ1v) is 7.82. The van der Waals surface area contributed by atoms with Crippen LogP contribution in [0, 0.1) is 5.92 Å². The van der Waals surface area contributed by atoms with E-state index in [9.17, 15) is 4.79 Å². The quantitative estimate of drug-likeness (QED) is 0.820. The molecule has 3 fully saturated rings. The number of hydrogen-bond acceptors (Lipinski definition) is 5. The fraction of sp³-hybridized carbons (Fsp3) is 0.786. The summed E-state index contributed by atoms with van der Waals surface area (Å²) in [5, 5.41) is 10.8. The number of rotatable bonds is 4. The minimum atomic E-state index is 0.0139. The Balaban J connectivity index is 1.41. The maximum absolute atomic E-state index is 12.2. The van der Waals surface area contributed by atoms with Gasteiger partial charge in [-0.25, -0.2) is 4.68 Å². The third kappa shape index (κ3) is 2.34. The molecule has 114 valence electrons. The third-order valence-electron chi connectivity index (χ3n) is 5.02. The first-order valence-electron chi connectivity index (χ1n) is 7.82. The summed E-state index contributed by atoms with van der Waals surface area (Å²) in [5.74, 6) is 0.496.